The number of hydrogen-bond acceptors (Lipinski definition) is 4. The van der Waals surface area contributed by atoms with Crippen LogP contribution in [0.4, 0.5) is 0 Å². The van der Waals surface area contributed by atoms with Gasteiger partial charge in [-0.25, -0.2) is 0 Å². The zero-order chi connectivity index (χ0) is 16.6. The number of halogens is 1. The number of aromatic nitrogens is 1. The number of Topliss-reactive ketones (excluding diaryl/α,β-unsaturated/α-hetero) is 1. The molecule has 0 bridgehead atoms. The second-order valence-electron chi connectivity index (χ2n) is 5.75. The van der Waals surface area contributed by atoms with Crippen LogP contribution >= 0.6 is 11.6 Å². The van der Waals surface area contributed by atoms with Crippen LogP contribution in [0.5, 0.6) is 0 Å². The summed E-state index contributed by atoms with van der Waals surface area (Å²) in [6.07, 6.45) is 1.43. The van der Waals surface area contributed by atoms with Gasteiger partial charge in [-0.05, 0) is 30.5 Å². The van der Waals surface area contributed by atoms with Crippen LogP contribution < -0.4 is 0 Å². The minimum atomic E-state index is -0.980. The number of carbonyl (C=O) groups excluding carboxylic acids is 3. The third-order valence-electron chi connectivity index (χ3n) is 4.25. The molecule has 120 valence electrons. The van der Waals surface area contributed by atoms with Crippen molar-refractivity contribution in [3.63, 3.8) is 0 Å². The molecule has 0 N–H and O–H groups in total. The van der Waals surface area contributed by atoms with Crippen molar-refractivity contribution in [2.24, 2.45) is 5.92 Å². The van der Waals surface area contributed by atoms with Gasteiger partial charge in [-0.2, -0.15) is 0 Å². The summed E-state index contributed by atoms with van der Waals surface area (Å²) in [5.41, 5.74) is 2.11. The van der Waals surface area contributed by atoms with Crippen molar-refractivity contribution in [1.82, 2.24) is 4.57 Å². The lowest BCUT2D eigenvalue weighted by atomic mass is 9.93. The Morgan fingerprint density at radius 2 is 2.04 bits per heavy atom. The molecule has 1 aromatic carbocycles. The van der Waals surface area contributed by atoms with Gasteiger partial charge in [0.15, 0.2) is 0 Å². The third-order valence-corrected chi connectivity index (χ3v) is 4.42. The lowest BCUT2D eigenvalue weighted by Crippen LogP contribution is -2.25. The van der Waals surface area contributed by atoms with Crippen LogP contribution in [-0.4, -0.2) is 28.2 Å². The minimum absolute atomic E-state index is 0.132. The molecule has 1 aliphatic rings. The highest BCUT2D eigenvalue weighted by Gasteiger charge is 2.30. The normalized spacial score (nSPS) is 16.9. The molecule has 6 heteroatoms. The van der Waals surface area contributed by atoms with E-state index in [0.29, 0.717) is 25.1 Å². The SMILES string of the molecule is CC(=O)OCC1CCn2c(c(C(=O)C(=O)Cl)c3ccccc32)C1. The van der Waals surface area contributed by atoms with Crippen LogP contribution in [0, 0.1) is 5.92 Å². The Hall–Kier alpha value is -2.14. The number of nitrogens with zero attached hydrogens (tertiary/aromatic N) is 1. The molecule has 0 saturated heterocycles. The summed E-state index contributed by atoms with van der Waals surface area (Å²) in [6, 6.07) is 7.49. The van der Waals surface area contributed by atoms with Gasteiger partial charge < -0.3 is 9.30 Å². The van der Waals surface area contributed by atoms with E-state index >= 15 is 0 Å². The summed E-state index contributed by atoms with van der Waals surface area (Å²) in [4.78, 5) is 34.7. The van der Waals surface area contributed by atoms with E-state index in [9.17, 15) is 14.4 Å². The molecule has 5 nitrogen and oxygen atoms in total. The number of ether oxygens (including phenoxy) is 1. The van der Waals surface area contributed by atoms with Crippen molar-refractivity contribution < 1.29 is 19.1 Å². The average Bonchev–Trinajstić information content (AvgIpc) is 2.85. The Balaban J connectivity index is 2.05. The number of fused-ring (bicyclic) bond motifs is 3. The maximum absolute atomic E-state index is 12.3. The molecule has 23 heavy (non-hydrogen) atoms. The van der Waals surface area contributed by atoms with E-state index in [1.807, 2.05) is 24.3 Å². The number of benzene rings is 1. The monoisotopic (exact) mass is 333 g/mol. The largest absolute Gasteiger partial charge is 0.466 e. The number of aryl methyl sites for hydroxylation is 1. The van der Waals surface area contributed by atoms with Crippen molar-refractivity contribution in [3.8, 4) is 0 Å². The van der Waals surface area contributed by atoms with Gasteiger partial charge in [-0.3, -0.25) is 14.4 Å². The van der Waals surface area contributed by atoms with Crippen LogP contribution in [0.1, 0.15) is 29.4 Å². The van der Waals surface area contributed by atoms with Gasteiger partial charge in [-0.15, -0.1) is 0 Å². The number of para-hydroxylation sites is 1. The van der Waals surface area contributed by atoms with E-state index in [-0.39, 0.29) is 11.9 Å². The first-order valence-corrected chi connectivity index (χ1v) is 7.84. The van der Waals surface area contributed by atoms with E-state index in [1.54, 1.807) is 0 Å². The first-order chi connectivity index (χ1) is 11.0. The highest BCUT2D eigenvalue weighted by atomic mass is 35.5. The molecule has 3 rings (SSSR count). The van der Waals surface area contributed by atoms with E-state index in [0.717, 1.165) is 23.0 Å². The van der Waals surface area contributed by atoms with Gasteiger partial charge in [0.1, 0.15) is 0 Å². The van der Waals surface area contributed by atoms with Gasteiger partial charge in [0.25, 0.3) is 5.24 Å². The molecule has 0 saturated carbocycles. The summed E-state index contributed by atoms with van der Waals surface area (Å²) in [6.45, 7) is 2.41. The van der Waals surface area contributed by atoms with Crippen LogP contribution in [0.3, 0.4) is 0 Å². The van der Waals surface area contributed by atoms with E-state index in [1.165, 1.54) is 6.92 Å². The fraction of sp³-hybridized carbons (Fsp3) is 0.353. The molecule has 1 aliphatic heterocycles. The number of hydrogen-bond donors (Lipinski definition) is 0. The number of ketones is 1. The fourth-order valence-electron chi connectivity index (χ4n) is 3.24. The van der Waals surface area contributed by atoms with Gasteiger partial charge in [0.05, 0.1) is 12.2 Å². The lowest BCUT2D eigenvalue weighted by Gasteiger charge is -2.25. The predicted octanol–water partition coefficient (Wildman–Crippen LogP) is 2.71. The van der Waals surface area contributed by atoms with Crippen molar-refractivity contribution in [2.75, 3.05) is 6.61 Å². The molecule has 0 aliphatic carbocycles. The van der Waals surface area contributed by atoms with Gasteiger partial charge in [-0.1, -0.05) is 18.2 Å². The molecule has 0 amide bonds. The third kappa shape index (κ3) is 2.88. The van der Waals surface area contributed by atoms with E-state index in [2.05, 4.69) is 4.57 Å². The summed E-state index contributed by atoms with van der Waals surface area (Å²) in [7, 11) is 0. The molecular formula is C17H16ClNO4. The Morgan fingerprint density at radius 1 is 1.30 bits per heavy atom. The quantitative estimate of drug-likeness (QED) is 0.373. The molecule has 1 atom stereocenters. The Labute approximate surface area is 138 Å². The molecule has 1 aromatic heterocycles. The molecule has 0 radical (unpaired) electrons. The van der Waals surface area contributed by atoms with Crippen LogP contribution in [0.25, 0.3) is 10.9 Å². The average molecular weight is 334 g/mol. The Bertz CT molecular complexity index is 808. The van der Waals surface area contributed by atoms with E-state index < -0.39 is 11.0 Å². The molecule has 2 heterocycles. The van der Waals surface area contributed by atoms with Crippen LogP contribution in [-0.2, 0) is 27.3 Å². The standard InChI is InChI=1S/C17H16ClNO4/c1-10(20)23-9-11-6-7-19-13-5-3-2-4-12(13)15(14(19)8-11)16(21)17(18)22/h2-5,11H,6-9H2,1H3. The van der Waals surface area contributed by atoms with Gasteiger partial charge >= 0.3 is 5.97 Å². The Morgan fingerprint density at radius 3 is 2.74 bits per heavy atom. The summed E-state index contributed by atoms with van der Waals surface area (Å²) < 4.78 is 7.15. The minimum Gasteiger partial charge on any atom is -0.466 e. The predicted molar refractivity (Wildman–Crippen MR) is 85.6 cm³/mol. The first kappa shape index (κ1) is 15.7. The Kier molecular flexibility index (Phi) is 4.22. The number of rotatable bonds is 4. The second kappa shape index (κ2) is 6.16. The molecule has 0 spiro atoms. The summed E-state index contributed by atoms with van der Waals surface area (Å²) >= 11 is 5.43. The van der Waals surface area contributed by atoms with Crippen molar-refractivity contribution >= 4 is 39.5 Å². The molecule has 0 fully saturated rings. The first-order valence-electron chi connectivity index (χ1n) is 7.46. The van der Waals surface area contributed by atoms with Gasteiger partial charge in [0.2, 0.25) is 5.78 Å². The molecule has 1 unspecified atom stereocenters. The fourth-order valence-corrected chi connectivity index (χ4v) is 3.33. The highest BCUT2D eigenvalue weighted by molar-refractivity contribution is 6.83. The maximum Gasteiger partial charge on any atom is 0.302 e. The maximum atomic E-state index is 12.3. The molecule has 2 aromatic rings. The molecular weight excluding hydrogens is 318 g/mol. The zero-order valence-corrected chi connectivity index (χ0v) is 13.4. The second-order valence-corrected chi connectivity index (χ2v) is 6.10. The zero-order valence-electron chi connectivity index (χ0n) is 12.7. The van der Waals surface area contributed by atoms with Crippen molar-refractivity contribution in [2.45, 2.75) is 26.3 Å². The summed E-state index contributed by atoms with van der Waals surface area (Å²) in [5, 5.41) is -0.235. The van der Waals surface area contributed by atoms with Crippen LogP contribution in [0.2, 0.25) is 0 Å². The van der Waals surface area contributed by atoms with Crippen LogP contribution in [0.15, 0.2) is 24.3 Å². The highest BCUT2D eigenvalue weighted by Crippen LogP contribution is 2.33. The van der Waals surface area contributed by atoms with Crippen molar-refractivity contribution in [3.05, 3.63) is 35.5 Å². The summed E-state index contributed by atoms with van der Waals surface area (Å²) in [5.74, 6) is -0.860. The van der Waals surface area contributed by atoms with Crippen molar-refractivity contribution in [1.29, 1.82) is 0 Å². The number of esters is 1. The van der Waals surface area contributed by atoms with Gasteiger partial charge in [0, 0.05) is 36.0 Å². The smallest absolute Gasteiger partial charge is 0.302 e. The number of carbonyl (C=O) groups is 3. The lowest BCUT2D eigenvalue weighted by molar-refractivity contribution is -0.142. The topological polar surface area (TPSA) is 65.4 Å². The van der Waals surface area contributed by atoms with E-state index in [4.69, 9.17) is 16.3 Å².